The van der Waals surface area contributed by atoms with Crippen molar-refractivity contribution in [2.45, 2.75) is 12.6 Å². The quantitative estimate of drug-likeness (QED) is 0.627. The van der Waals surface area contributed by atoms with Gasteiger partial charge in [0, 0.05) is 42.4 Å². The van der Waals surface area contributed by atoms with E-state index in [1.165, 1.54) is 0 Å². The second-order valence-corrected chi connectivity index (χ2v) is 5.54. The Morgan fingerprint density at radius 2 is 2.47 bits per heavy atom. The SMILES string of the molecule is N[C@@H]1Cc2c(NC(=O)C3=CNCCS3)ccnc2N1. The summed E-state index contributed by atoms with van der Waals surface area (Å²) >= 11 is 1.56. The monoisotopic (exact) mass is 277 g/mol. The van der Waals surface area contributed by atoms with E-state index in [1.807, 2.05) is 0 Å². The van der Waals surface area contributed by atoms with Gasteiger partial charge in [-0.1, -0.05) is 0 Å². The third kappa shape index (κ3) is 2.52. The number of anilines is 2. The first-order valence-electron chi connectivity index (χ1n) is 6.12. The molecule has 3 heterocycles. The molecule has 5 N–H and O–H groups in total. The number of rotatable bonds is 2. The molecule has 100 valence electrons. The number of nitrogens with two attached hydrogens (primary N) is 1. The van der Waals surface area contributed by atoms with E-state index in [1.54, 1.807) is 30.2 Å². The minimum absolute atomic E-state index is 0.0916. The van der Waals surface area contributed by atoms with Crippen molar-refractivity contribution in [3.05, 3.63) is 28.9 Å². The second-order valence-electron chi connectivity index (χ2n) is 4.41. The third-order valence-corrected chi connectivity index (χ3v) is 4.03. The molecule has 19 heavy (non-hydrogen) atoms. The van der Waals surface area contributed by atoms with Gasteiger partial charge in [0.05, 0.1) is 11.1 Å². The molecule has 0 saturated carbocycles. The van der Waals surface area contributed by atoms with Crippen molar-refractivity contribution in [1.82, 2.24) is 10.3 Å². The van der Waals surface area contributed by atoms with Gasteiger partial charge in [-0.2, -0.15) is 0 Å². The predicted molar refractivity (Wildman–Crippen MR) is 76.7 cm³/mol. The number of thioether (sulfide) groups is 1. The Hall–Kier alpha value is -1.73. The highest BCUT2D eigenvalue weighted by molar-refractivity contribution is 8.04. The molecule has 1 aromatic heterocycles. The Balaban J connectivity index is 1.79. The summed E-state index contributed by atoms with van der Waals surface area (Å²) in [6.07, 6.45) is 3.96. The number of amides is 1. The summed E-state index contributed by atoms with van der Waals surface area (Å²) in [4.78, 5) is 17.1. The van der Waals surface area contributed by atoms with Gasteiger partial charge in [0.1, 0.15) is 5.82 Å². The summed E-state index contributed by atoms with van der Waals surface area (Å²) in [5, 5.41) is 9.08. The Labute approximate surface area is 115 Å². The van der Waals surface area contributed by atoms with Crippen molar-refractivity contribution < 1.29 is 4.79 Å². The Morgan fingerprint density at radius 3 is 3.26 bits per heavy atom. The number of hydrogen-bond donors (Lipinski definition) is 4. The van der Waals surface area contributed by atoms with Gasteiger partial charge >= 0.3 is 0 Å². The fourth-order valence-electron chi connectivity index (χ4n) is 2.13. The van der Waals surface area contributed by atoms with E-state index in [4.69, 9.17) is 5.73 Å². The predicted octanol–water partition coefficient (Wildman–Crippen LogP) is 0.451. The molecule has 1 aromatic rings. The fraction of sp³-hybridized carbons (Fsp3) is 0.333. The van der Waals surface area contributed by atoms with Crippen LogP contribution in [0.3, 0.4) is 0 Å². The van der Waals surface area contributed by atoms with E-state index in [2.05, 4.69) is 20.9 Å². The average molecular weight is 277 g/mol. The highest BCUT2D eigenvalue weighted by Crippen LogP contribution is 2.29. The molecule has 6 nitrogen and oxygen atoms in total. The zero-order valence-electron chi connectivity index (χ0n) is 10.3. The molecule has 3 rings (SSSR count). The van der Waals surface area contributed by atoms with Crippen molar-refractivity contribution in [2.24, 2.45) is 5.73 Å². The molecule has 0 bridgehead atoms. The number of nitrogens with zero attached hydrogens (tertiary/aromatic N) is 1. The number of fused-ring (bicyclic) bond motifs is 1. The Morgan fingerprint density at radius 1 is 1.58 bits per heavy atom. The largest absolute Gasteiger partial charge is 0.389 e. The highest BCUT2D eigenvalue weighted by Gasteiger charge is 2.23. The maximum Gasteiger partial charge on any atom is 0.263 e. The van der Waals surface area contributed by atoms with Crippen LogP contribution in [0, 0.1) is 0 Å². The molecule has 0 aliphatic carbocycles. The topological polar surface area (TPSA) is 92.1 Å². The van der Waals surface area contributed by atoms with Gasteiger partial charge in [-0.25, -0.2) is 4.98 Å². The lowest BCUT2D eigenvalue weighted by Gasteiger charge is -2.14. The Bertz CT molecular complexity index is 545. The molecule has 0 saturated heterocycles. The molecule has 0 unspecified atom stereocenters. The molecular weight excluding hydrogens is 262 g/mol. The second kappa shape index (κ2) is 5.10. The number of pyridine rings is 1. The lowest BCUT2D eigenvalue weighted by atomic mass is 10.1. The normalized spacial score (nSPS) is 20.9. The van der Waals surface area contributed by atoms with Gasteiger partial charge in [-0.3, -0.25) is 4.79 Å². The Kier molecular flexibility index (Phi) is 3.31. The molecular formula is C12H15N5OS. The molecule has 0 fully saturated rings. The van der Waals surface area contributed by atoms with E-state index in [9.17, 15) is 4.79 Å². The molecule has 0 aromatic carbocycles. The maximum absolute atomic E-state index is 12.1. The average Bonchev–Trinajstić information content (AvgIpc) is 2.81. The van der Waals surface area contributed by atoms with Gasteiger partial charge < -0.3 is 21.7 Å². The number of carbonyl (C=O) groups excluding carboxylic acids is 1. The molecule has 0 spiro atoms. The van der Waals surface area contributed by atoms with Gasteiger partial charge in [-0.15, -0.1) is 11.8 Å². The maximum atomic E-state index is 12.1. The highest BCUT2D eigenvalue weighted by atomic mass is 32.2. The summed E-state index contributed by atoms with van der Waals surface area (Å²) in [7, 11) is 0. The number of carbonyl (C=O) groups is 1. The smallest absolute Gasteiger partial charge is 0.263 e. The van der Waals surface area contributed by atoms with Crippen molar-refractivity contribution >= 4 is 29.2 Å². The zero-order chi connectivity index (χ0) is 13.2. The lowest BCUT2D eigenvalue weighted by molar-refractivity contribution is -0.112. The van der Waals surface area contributed by atoms with Crippen LogP contribution in [-0.2, 0) is 11.2 Å². The first-order chi connectivity index (χ1) is 9.24. The first-order valence-corrected chi connectivity index (χ1v) is 7.10. The van der Waals surface area contributed by atoms with Gasteiger partial charge in [0.25, 0.3) is 5.91 Å². The van der Waals surface area contributed by atoms with Crippen LogP contribution in [0.25, 0.3) is 0 Å². The van der Waals surface area contributed by atoms with E-state index in [-0.39, 0.29) is 12.1 Å². The third-order valence-electron chi connectivity index (χ3n) is 3.01. The number of hydrogen-bond acceptors (Lipinski definition) is 6. The van der Waals surface area contributed by atoms with Crippen molar-refractivity contribution in [3.63, 3.8) is 0 Å². The zero-order valence-corrected chi connectivity index (χ0v) is 11.1. The molecule has 2 aliphatic rings. The van der Waals surface area contributed by atoms with Gasteiger partial charge in [0.15, 0.2) is 0 Å². The van der Waals surface area contributed by atoms with Crippen LogP contribution in [0.2, 0.25) is 0 Å². The minimum Gasteiger partial charge on any atom is -0.389 e. The van der Waals surface area contributed by atoms with Crippen LogP contribution in [0.1, 0.15) is 5.56 Å². The van der Waals surface area contributed by atoms with Crippen LogP contribution < -0.4 is 21.7 Å². The van der Waals surface area contributed by atoms with Gasteiger partial charge in [-0.05, 0) is 6.07 Å². The molecule has 1 amide bonds. The summed E-state index contributed by atoms with van der Waals surface area (Å²) in [6.45, 7) is 0.894. The van der Waals surface area contributed by atoms with Crippen molar-refractivity contribution in [1.29, 1.82) is 0 Å². The van der Waals surface area contributed by atoms with E-state index in [0.717, 1.165) is 29.4 Å². The summed E-state index contributed by atoms with van der Waals surface area (Å²) < 4.78 is 0. The molecule has 7 heteroatoms. The van der Waals surface area contributed by atoms with Gasteiger partial charge in [0.2, 0.25) is 0 Å². The van der Waals surface area contributed by atoms with Crippen molar-refractivity contribution in [2.75, 3.05) is 22.9 Å². The van der Waals surface area contributed by atoms with E-state index in [0.29, 0.717) is 11.3 Å². The fourth-order valence-corrected chi connectivity index (χ4v) is 2.92. The first kappa shape index (κ1) is 12.3. The minimum atomic E-state index is -0.134. The number of nitrogens with one attached hydrogen (secondary N) is 3. The van der Waals surface area contributed by atoms with E-state index >= 15 is 0 Å². The van der Waals surface area contributed by atoms with Crippen molar-refractivity contribution in [3.8, 4) is 0 Å². The number of aromatic nitrogens is 1. The lowest BCUT2D eigenvalue weighted by Crippen LogP contribution is -2.26. The van der Waals surface area contributed by atoms with Crippen LogP contribution in [0.4, 0.5) is 11.5 Å². The summed E-state index contributed by atoms with van der Waals surface area (Å²) in [5.74, 6) is 1.57. The van der Waals surface area contributed by atoms with Crippen LogP contribution in [0.5, 0.6) is 0 Å². The summed E-state index contributed by atoms with van der Waals surface area (Å²) in [6, 6.07) is 1.80. The molecule has 2 aliphatic heterocycles. The summed E-state index contributed by atoms with van der Waals surface area (Å²) in [5.41, 5.74) is 7.59. The van der Waals surface area contributed by atoms with Crippen LogP contribution in [-0.4, -0.2) is 29.4 Å². The van der Waals surface area contributed by atoms with Crippen LogP contribution in [0.15, 0.2) is 23.4 Å². The standard InChI is InChI=1S/C12H15N5OS/c13-10-5-7-8(1-2-15-11(7)17-10)16-12(18)9-6-14-3-4-19-9/h1-2,6,10,14H,3-5,13H2,(H2,15,16,17,18)/t10-/m0/s1. The van der Waals surface area contributed by atoms with Crippen LogP contribution >= 0.6 is 11.8 Å². The van der Waals surface area contributed by atoms with E-state index < -0.39 is 0 Å². The molecule has 1 atom stereocenters. The molecule has 0 radical (unpaired) electrons.